The Morgan fingerprint density at radius 1 is 1.04 bits per heavy atom. The molecule has 0 bridgehead atoms. The zero-order valence-electron chi connectivity index (χ0n) is 12.0. The van der Waals surface area contributed by atoms with Crippen LogP contribution < -0.4 is 11.1 Å². The highest BCUT2D eigenvalue weighted by molar-refractivity contribution is 5.96. The number of anilines is 2. The predicted molar refractivity (Wildman–Crippen MR) is 83.2 cm³/mol. The second kappa shape index (κ2) is 7.08. The summed E-state index contributed by atoms with van der Waals surface area (Å²) in [5, 5.41) is 11.3. The molecule has 7 heteroatoms. The molecule has 0 aromatic heterocycles. The smallest absolute Gasteiger partial charge is 0.338 e. The number of benzene rings is 2. The van der Waals surface area contributed by atoms with E-state index in [9.17, 15) is 14.4 Å². The summed E-state index contributed by atoms with van der Waals surface area (Å²) >= 11 is 0. The van der Waals surface area contributed by atoms with Gasteiger partial charge in [-0.05, 0) is 42.5 Å². The fourth-order valence-corrected chi connectivity index (χ4v) is 1.76. The minimum Gasteiger partial charge on any atom is -0.478 e. The van der Waals surface area contributed by atoms with Crippen molar-refractivity contribution in [1.82, 2.24) is 0 Å². The minimum absolute atomic E-state index is 0.0432. The Bertz CT molecular complexity index is 740. The Labute approximate surface area is 131 Å². The largest absolute Gasteiger partial charge is 0.478 e. The van der Waals surface area contributed by atoms with E-state index in [4.69, 9.17) is 15.6 Å². The third-order valence-corrected chi connectivity index (χ3v) is 2.87. The lowest BCUT2D eigenvalue weighted by Crippen LogP contribution is -2.21. The van der Waals surface area contributed by atoms with Crippen LogP contribution in [0.25, 0.3) is 0 Å². The number of ether oxygens (including phenoxy) is 1. The first-order valence-electron chi connectivity index (χ1n) is 6.61. The van der Waals surface area contributed by atoms with Crippen LogP contribution >= 0.6 is 0 Å². The van der Waals surface area contributed by atoms with Crippen molar-refractivity contribution >= 4 is 29.2 Å². The lowest BCUT2D eigenvalue weighted by Gasteiger charge is -2.07. The fourth-order valence-electron chi connectivity index (χ4n) is 1.76. The number of hydrogen-bond acceptors (Lipinski definition) is 5. The van der Waals surface area contributed by atoms with Gasteiger partial charge in [0.05, 0.1) is 11.1 Å². The molecule has 2 rings (SSSR count). The number of nitrogens with two attached hydrogens (primary N) is 1. The first kappa shape index (κ1) is 16.0. The maximum atomic E-state index is 11.7. The van der Waals surface area contributed by atoms with Gasteiger partial charge < -0.3 is 20.9 Å². The Hall–Kier alpha value is -3.35. The first-order valence-corrected chi connectivity index (χ1v) is 6.61. The van der Waals surface area contributed by atoms with E-state index in [1.54, 1.807) is 12.1 Å². The summed E-state index contributed by atoms with van der Waals surface area (Å²) in [4.78, 5) is 34.3. The van der Waals surface area contributed by atoms with Crippen molar-refractivity contribution < 1.29 is 24.2 Å². The molecule has 0 heterocycles. The Morgan fingerprint density at radius 2 is 1.74 bits per heavy atom. The van der Waals surface area contributed by atoms with Crippen LogP contribution in [0.4, 0.5) is 11.4 Å². The van der Waals surface area contributed by atoms with E-state index in [1.807, 2.05) is 0 Å². The van der Waals surface area contributed by atoms with E-state index in [-0.39, 0.29) is 11.1 Å². The topological polar surface area (TPSA) is 119 Å². The molecular weight excluding hydrogens is 300 g/mol. The average Bonchev–Trinajstić information content (AvgIpc) is 2.53. The number of nitrogen functional groups attached to an aromatic ring is 1. The highest BCUT2D eigenvalue weighted by Crippen LogP contribution is 2.11. The SMILES string of the molecule is Nc1ccc(C(=O)OCC(=O)Nc2cccc(C(=O)O)c2)cc1. The molecule has 0 radical (unpaired) electrons. The van der Waals surface area contributed by atoms with Gasteiger partial charge in [-0.3, -0.25) is 4.79 Å². The van der Waals surface area contributed by atoms with Crippen molar-refractivity contribution in [3.05, 3.63) is 59.7 Å². The first-order chi connectivity index (χ1) is 11.0. The lowest BCUT2D eigenvalue weighted by atomic mass is 10.2. The van der Waals surface area contributed by atoms with Gasteiger partial charge in [0.25, 0.3) is 5.91 Å². The number of rotatable bonds is 5. The normalized spacial score (nSPS) is 9.91. The van der Waals surface area contributed by atoms with Crippen molar-refractivity contribution in [2.45, 2.75) is 0 Å². The Morgan fingerprint density at radius 3 is 2.39 bits per heavy atom. The molecule has 2 aromatic rings. The minimum atomic E-state index is -1.10. The van der Waals surface area contributed by atoms with Crippen LogP contribution in [0.1, 0.15) is 20.7 Å². The molecule has 7 nitrogen and oxygen atoms in total. The van der Waals surface area contributed by atoms with E-state index in [1.165, 1.54) is 36.4 Å². The molecule has 118 valence electrons. The molecule has 0 aliphatic heterocycles. The van der Waals surface area contributed by atoms with E-state index >= 15 is 0 Å². The van der Waals surface area contributed by atoms with E-state index in [0.29, 0.717) is 11.4 Å². The van der Waals surface area contributed by atoms with Crippen LogP contribution in [-0.2, 0) is 9.53 Å². The standard InChI is InChI=1S/C16H14N2O5/c17-12-6-4-10(5-7-12)16(22)23-9-14(19)18-13-3-1-2-11(8-13)15(20)21/h1-8H,9,17H2,(H,18,19)(H,20,21). The van der Waals surface area contributed by atoms with Crippen LogP contribution in [0.5, 0.6) is 0 Å². The van der Waals surface area contributed by atoms with Crippen molar-refractivity contribution in [3.8, 4) is 0 Å². The molecule has 0 fully saturated rings. The van der Waals surface area contributed by atoms with Crippen LogP contribution in [0.15, 0.2) is 48.5 Å². The molecule has 1 amide bonds. The highest BCUT2D eigenvalue weighted by atomic mass is 16.5. The third-order valence-electron chi connectivity index (χ3n) is 2.87. The van der Waals surface area contributed by atoms with Crippen LogP contribution in [0.2, 0.25) is 0 Å². The molecular formula is C16H14N2O5. The summed E-state index contributed by atoms with van der Waals surface area (Å²) in [6.45, 7) is -0.486. The van der Waals surface area contributed by atoms with Gasteiger partial charge >= 0.3 is 11.9 Å². The van der Waals surface area contributed by atoms with Gasteiger partial charge in [0.1, 0.15) is 0 Å². The summed E-state index contributed by atoms with van der Waals surface area (Å²) in [6, 6.07) is 11.8. The molecule has 0 unspecified atom stereocenters. The van der Waals surface area contributed by atoms with Crippen LogP contribution in [0, 0.1) is 0 Å². The lowest BCUT2D eigenvalue weighted by molar-refractivity contribution is -0.119. The molecule has 0 aliphatic rings. The van der Waals surface area contributed by atoms with Crippen molar-refractivity contribution in [2.24, 2.45) is 0 Å². The number of carbonyl (C=O) groups is 3. The van der Waals surface area contributed by atoms with Gasteiger partial charge in [-0.2, -0.15) is 0 Å². The molecule has 0 saturated carbocycles. The zero-order valence-corrected chi connectivity index (χ0v) is 12.0. The molecule has 0 atom stereocenters. The number of nitrogens with one attached hydrogen (secondary N) is 1. The zero-order chi connectivity index (χ0) is 16.8. The number of carbonyl (C=O) groups excluding carboxylic acids is 2. The van der Waals surface area contributed by atoms with Crippen LogP contribution in [-0.4, -0.2) is 29.6 Å². The van der Waals surface area contributed by atoms with Gasteiger partial charge in [0, 0.05) is 11.4 Å². The van der Waals surface area contributed by atoms with E-state index < -0.39 is 24.5 Å². The van der Waals surface area contributed by atoms with E-state index in [0.717, 1.165) is 0 Å². The molecule has 23 heavy (non-hydrogen) atoms. The summed E-state index contributed by atoms with van der Waals surface area (Å²) in [5.41, 5.74) is 6.65. The van der Waals surface area contributed by atoms with Gasteiger partial charge in [-0.25, -0.2) is 9.59 Å². The van der Waals surface area contributed by atoms with Crippen molar-refractivity contribution in [3.63, 3.8) is 0 Å². The molecule has 2 aromatic carbocycles. The number of carboxylic acid groups (broad SMARTS) is 1. The van der Waals surface area contributed by atoms with Gasteiger partial charge in [0.2, 0.25) is 0 Å². The Balaban J connectivity index is 1.90. The number of hydrogen-bond donors (Lipinski definition) is 3. The van der Waals surface area contributed by atoms with Crippen LogP contribution in [0.3, 0.4) is 0 Å². The van der Waals surface area contributed by atoms with Crippen molar-refractivity contribution in [1.29, 1.82) is 0 Å². The third kappa shape index (κ3) is 4.57. The summed E-state index contributed by atoms with van der Waals surface area (Å²) in [5.74, 6) is -2.33. The summed E-state index contributed by atoms with van der Waals surface area (Å²) < 4.78 is 4.87. The number of aromatic carboxylic acids is 1. The fraction of sp³-hybridized carbons (Fsp3) is 0.0625. The molecule has 4 N–H and O–H groups in total. The predicted octanol–water partition coefficient (Wildman–Crippen LogP) is 1.76. The summed E-state index contributed by atoms with van der Waals surface area (Å²) in [7, 11) is 0. The quantitative estimate of drug-likeness (QED) is 0.571. The van der Waals surface area contributed by atoms with E-state index in [2.05, 4.69) is 5.32 Å². The number of carboxylic acids is 1. The average molecular weight is 314 g/mol. The number of esters is 1. The van der Waals surface area contributed by atoms with Gasteiger partial charge in [-0.15, -0.1) is 0 Å². The number of amides is 1. The van der Waals surface area contributed by atoms with Gasteiger partial charge in [-0.1, -0.05) is 6.07 Å². The molecule has 0 aliphatic carbocycles. The monoisotopic (exact) mass is 314 g/mol. The highest BCUT2D eigenvalue weighted by Gasteiger charge is 2.11. The summed E-state index contributed by atoms with van der Waals surface area (Å²) in [6.07, 6.45) is 0. The molecule has 0 saturated heterocycles. The second-order valence-electron chi connectivity index (χ2n) is 4.63. The van der Waals surface area contributed by atoms with Crippen molar-refractivity contribution in [2.75, 3.05) is 17.7 Å². The molecule has 0 spiro atoms. The Kier molecular flexibility index (Phi) is 4.93. The van der Waals surface area contributed by atoms with Gasteiger partial charge in [0.15, 0.2) is 6.61 Å². The second-order valence-corrected chi connectivity index (χ2v) is 4.63. The maximum absolute atomic E-state index is 11.7. The maximum Gasteiger partial charge on any atom is 0.338 e.